The van der Waals surface area contributed by atoms with E-state index in [9.17, 15) is 9.59 Å². The Morgan fingerprint density at radius 1 is 1.44 bits per heavy atom. The average Bonchev–Trinajstić information content (AvgIpc) is 2.53. The lowest BCUT2D eigenvalue weighted by Crippen LogP contribution is -2.35. The molecule has 1 aliphatic heterocycles. The molecule has 0 aliphatic carbocycles. The van der Waals surface area contributed by atoms with Crippen molar-refractivity contribution in [2.75, 3.05) is 13.2 Å². The number of hydrogen-bond donors (Lipinski definition) is 0. The number of halogens is 1. The minimum atomic E-state index is -0.575. The van der Waals surface area contributed by atoms with E-state index in [0.717, 1.165) is 25.0 Å². The van der Waals surface area contributed by atoms with Crippen molar-refractivity contribution < 1.29 is 14.3 Å². The predicted octanol–water partition coefficient (Wildman–Crippen LogP) is 2.46. The van der Waals surface area contributed by atoms with Crippen LogP contribution >= 0.6 is 11.6 Å². The molecule has 4 nitrogen and oxygen atoms in total. The molecule has 1 amide bonds. The molecule has 1 saturated heterocycles. The fourth-order valence-corrected chi connectivity index (χ4v) is 2.09. The third-order valence-electron chi connectivity index (χ3n) is 2.84. The minimum absolute atomic E-state index is 0.144. The van der Waals surface area contributed by atoms with Crippen molar-refractivity contribution in [2.45, 2.75) is 44.9 Å². The second-order valence-corrected chi connectivity index (χ2v) is 4.96. The van der Waals surface area contributed by atoms with Gasteiger partial charge in [-0.2, -0.15) is 0 Å². The summed E-state index contributed by atoms with van der Waals surface area (Å²) in [6.45, 7) is 4.37. The Bertz CT molecular complexity index is 339. The largest absolute Gasteiger partial charge is 0.463 e. The molecule has 0 unspecified atom stereocenters. The van der Waals surface area contributed by atoms with Crippen molar-refractivity contribution in [3.05, 3.63) is 11.8 Å². The standard InChI is InChI=1S/C13H20ClNO3/c1-3-18-12(16)9-11-7-5-4-6-8-15(11)13(17)10(2)14/h9-10H,3-8H2,1-2H3/b11-9+/t10-/m1/s1. The van der Waals surface area contributed by atoms with Crippen LogP contribution < -0.4 is 0 Å². The molecule has 0 aromatic heterocycles. The smallest absolute Gasteiger partial charge is 0.332 e. The number of carbonyl (C=O) groups excluding carboxylic acids is 2. The maximum atomic E-state index is 12.0. The molecular weight excluding hydrogens is 254 g/mol. The summed E-state index contributed by atoms with van der Waals surface area (Å²) >= 11 is 5.84. The van der Waals surface area contributed by atoms with E-state index in [0.29, 0.717) is 19.6 Å². The van der Waals surface area contributed by atoms with Crippen LogP contribution in [0.4, 0.5) is 0 Å². The highest BCUT2D eigenvalue weighted by atomic mass is 35.5. The first-order valence-electron chi connectivity index (χ1n) is 6.39. The monoisotopic (exact) mass is 273 g/mol. The van der Waals surface area contributed by atoms with Crippen LogP contribution in [0.5, 0.6) is 0 Å². The van der Waals surface area contributed by atoms with Crippen LogP contribution in [-0.4, -0.2) is 35.3 Å². The van der Waals surface area contributed by atoms with Gasteiger partial charge in [0, 0.05) is 18.3 Å². The number of allylic oxidation sites excluding steroid dienone is 1. The first kappa shape index (κ1) is 15.0. The summed E-state index contributed by atoms with van der Waals surface area (Å²) in [7, 11) is 0. The highest BCUT2D eigenvalue weighted by Crippen LogP contribution is 2.21. The van der Waals surface area contributed by atoms with Crippen LogP contribution in [0.15, 0.2) is 11.8 Å². The molecule has 1 atom stereocenters. The number of amides is 1. The summed E-state index contributed by atoms with van der Waals surface area (Å²) in [5.74, 6) is -0.538. The van der Waals surface area contributed by atoms with Gasteiger partial charge in [-0.15, -0.1) is 11.6 Å². The number of carbonyl (C=O) groups is 2. The molecular formula is C13H20ClNO3. The summed E-state index contributed by atoms with van der Waals surface area (Å²) in [5, 5.41) is -0.575. The topological polar surface area (TPSA) is 46.6 Å². The Balaban J connectivity index is 2.87. The van der Waals surface area contributed by atoms with Crippen LogP contribution in [0.2, 0.25) is 0 Å². The molecule has 1 fully saturated rings. The van der Waals surface area contributed by atoms with E-state index in [1.807, 2.05) is 0 Å². The Kier molecular flexibility index (Phi) is 6.19. The second kappa shape index (κ2) is 7.41. The van der Waals surface area contributed by atoms with Crippen LogP contribution in [0, 0.1) is 0 Å². The Hall–Kier alpha value is -1.03. The van der Waals surface area contributed by atoms with Gasteiger partial charge in [-0.05, 0) is 33.1 Å². The van der Waals surface area contributed by atoms with E-state index in [1.165, 1.54) is 6.08 Å². The molecule has 0 bridgehead atoms. The number of alkyl halides is 1. The molecule has 1 heterocycles. The molecule has 0 radical (unpaired) electrons. The third kappa shape index (κ3) is 4.33. The van der Waals surface area contributed by atoms with E-state index in [-0.39, 0.29) is 5.91 Å². The molecule has 18 heavy (non-hydrogen) atoms. The van der Waals surface area contributed by atoms with E-state index >= 15 is 0 Å². The second-order valence-electron chi connectivity index (χ2n) is 4.30. The van der Waals surface area contributed by atoms with Crippen molar-refractivity contribution in [1.82, 2.24) is 4.90 Å². The highest BCUT2D eigenvalue weighted by Gasteiger charge is 2.24. The summed E-state index contributed by atoms with van der Waals surface area (Å²) in [6, 6.07) is 0. The van der Waals surface area contributed by atoms with Gasteiger partial charge in [0.1, 0.15) is 5.38 Å². The van der Waals surface area contributed by atoms with Crippen molar-refractivity contribution in [3.8, 4) is 0 Å². The summed E-state index contributed by atoms with van der Waals surface area (Å²) in [6.07, 6.45) is 5.11. The molecule has 0 aromatic carbocycles. The van der Waals surface area contributed by atoms with E-state index in [4.69, 9.17) is 16.3 Å². The maximum Gasteiger partial charge on any atom is 0.332 e. The van der Waals surface area contributed by atoms with Crippen LogP contribution in [-0.2, 0) is 14.3 Å². The van der Waals surface area contributed by atoms with E-state index in [2.05, 4.69) is 0 Å². The molecule has 0 spiro atoms. The first-order chi connectivity index (χ1) is 8.56. The quantitative estimate of drug-likeness (QED) is 0.451. The van der Waals surface area contributed by atoms with Crippen LogP contribution in [0.1, 0.15) is 39.5 Å². The lowest BCUT2D eigenvalue weighted by molar-refractivity contribution is -0.137. The normalized spacial score (nSPS) is 20.4. The number of likely N-dealkylation sites (tertiary alicyclic amines) is 1. The van der Waals surface area contributed by atoms with Gasteiger partial charge in [-0.3, -0.25) is 4.79 Å². The molecule has 0 saturated carbocycles. The van der Waals surface area contributed by atoms with Gasteiger partial charge < -0.3 is 9.64 Å². The summed E-state index contributed by atoms with van der Waals surface area (Å²) in [4.78, 5) is 25.1. The highest BCUT2D eigenvalue weighted by molar-refractivity contribution is 6.30. The van der Waals surface area contributed by atoms with Gasteiger partial charge in [0.05, 0.1) is 6.61 Å². The number of rotatable bonds is 3. The zero-order chi connectivity index (χ0) is 13.5. The number of hydrogen-bond acceptors (Lipinski definition) is 3. The van der Waals surface area contributed by atoms with Crippen LogP contribution in [0.3, 0.4) is 0 Å². The average molecular weight is 274 g/mol. The SMILES string of the molecule is CCOC(=O)/C=C1\CCCCCN1C(=O)[C@@H](C)Cl. The number of esters is 1. The molecule has 102 valence electrons. The van der Waals surface area contributed by atoms with Crippen LogP contribution in [0.25, 0.3) is 0 Å². The Labute approximate surface area is 113 Å². The number of ether oxygens (including phenoxy) is 1. The molecule has 1 rings (SSSR count). The fraction of sp³-hybridized carbons (Fsp3) is 0.692. The first-order valence-corrected chi connectivity index (χ1v) is 6.82. The number of nitrogens with zero attached hydrogens (tertiary/aromatic N) is 1. The summed E-state index contributed by atoms with van der Waals surface area (Å²) in [5.41, 5.74) is 0.725. The van der Waals surface area contributed by atoms with Gasteiger partial charge in [0.2, 0.25) is 5.91 Å². The maximum absolute atomic E-state index is 12.0. The molecule has 0 aromatic rings. The lowest BCUT2D eigenvalue weighted by Gasteiger charge is -2.24. The fourth-order valence-electron chi connectivity index (χ4n) is 1.97. The summed E-state index contributed by atoms with van der Waals surface area (Å²) < 4.78 is 4.89. The third-order valence-corrected chi connectivity index (χ3v) is 3.03. The Morgan fingerprint density at radius 3 is 2.78 bits per heavy atom. The zero-order valence-electron chi connectivity index (χ0n) is 10.9. The van der Waals surface area contributed by atoms with Gasteiger partial charge >= 0.3 is 5.97 Å². The van der Waals surface area contributed by atoms with Crippen molar-refractivity contribution in [2.24, 2.45) is 0 Å². The van der Waals surface area contributed by atoms with Gasteiger partial charge in [-0.1, -0.05) is 6.42 Å². The molecule has 0 N–H and O–H groups in total. The van der Waals surface area contributed by atoms with Gasteiger partial charge in [0.15, 0.2) is 0 Å². The predicted molar refractivity (Wildman–Crippen MR) is 70.2 cm³/mol. The zero-order valence-corrected chi connectivity index (χ0v) is 11.7. The lowest BCUT2D eigenvalue weighted by atomic mass is 10.2. The van der Waals surface area contributed by atoms with Gasteiger partial charge in [0.25, 0.3) is 0 Å². The minimum Gasteiger partial charge on any atom is -0.463 e. The van der Waals surface area contributed by atoms with E-state index in [1.54, 1.807) is 18.7 Å². The van der Waals surface area contributed by atoms with E-state index < -0.39 is 11.3 Å². The van der Waals surface area contributed by atoms with Gasteiger partial charge in [-0.25, -0.2) is 4.79 Å². The van der Waals surface area contributed by atoms with Crippen molar-refractivity contribution >= 4 is 23.5 Å². The van der Waals surface area contributed by atoms with Crippen molar-refractivity contribution in [1.29, 1.82) is 0 Å². The molecule has 1 aliphatic rings. The molecule has 5 heteroatoms. The Morgan fingerprint density at radius 2 is 2.17 bits per heavy atom. The van der Waals surface area contributed by atoms with Crippen molar-refractivity contribution in [3.63, 3.8) is 0 Å².